The van der Waals surface area contributed by atoms with Gasteiger partial charge in [-0.3, -0.25) is 0 Å². The SMILES string of the molecule is N/C(=N/O)c1ccc(Br)cc1N(CCO)CC(F)F. The zero-order valence-electron chi connectivity index (χ0n) is 9.93. The van der Waals surface area contributed by atoms with Crippen LogP contribution in [0.5, 0.6) is 0 Å². The van der Waals surface area contributed by atoms with Crippen LogP contribution >= 0.6 is 15.9 Å². The summed E-state index contributed by atoms with van der Waals surface area (Å²) in [6, 6.07) is 4.77. The van der Waals surface area contributed by atoms with Crippen LogP contribution in [0, 0.1) is 0 Å². The molecule has 1 aromatic carbocycles. The predicted octanol–water partition coefficient (Wildman–Crippen LogP) is 1.61. The van der Waals surface area contributed by atoms with Crippen molar-refractivity contribution in [2.75, 3.05) is 24.6 Å². The number of rotatable bonds is 6. The molecule has 19 heavy (non-hydrogen) atoms. The van der Waals surface area contributed by atoms with Gasteiger partial charge in [0, 0.05) is 22.3 Å². The topological polar surface area (TPSA) is 82.1 Å². The third-order valence-electron chi connectivity index (χ3n) is 2.41. The summed E-state index contributed by atoms with van der Waals surface area (Å²) in [5.74, 6) is -0.181. The minimum absolute atomic E-state index is 0.0203. The molecule has 106 valence electrons. The van der Waals surface area contributed by atoms with Crippen molar-refractivity contribution >= 4 is 27.5 Å². The lowest BCUT2D eigenvalue weighted by Crippen LogP contribution is -2.33. The van der Waals surface area contributed by atoms with Crippen LogP contribution in [0.1, 0.15) is 5.56 Å². The number of nitrogens with zero attached hydrogens (tertiary/aromatic N) is 2. The van der Waals surface area contributed by atoms with E-state index < -0.39 is 13.0 Å². The van der Waals surface area contributed by atoms with E-state index >= 15 is 0 Å². The van der Waals surface area contributed by atoms with E-state index in [2.05, 4.69) is 21.1 Å². The van der Waals surface area contributed by atoms with E-state index in [1.807, 2.05) is 0 Å². The summed E-state index contributed by atoms with van der Waals surface area (Å²) in [5.41, 5.74) is 6.20. The molecule has 0 aliphatic heterocycles. The first-order valence-electron chi connectivity index (χ1n) is 5.41. The number of amidine groups is 1. The molecule has 1 aromatic rings. The Morgan fingerprint density at radius 2 is 2.16 bits per heavy atom. The molecule has 0 bridgehead atoms. The second-order valence-electron chi connectivity index (χ2n) is 3.71. The third kappa shape index (κ3) is 4.32. The summed E-state index contributed by atoms with van der Waals surface area (Å²) >= 11 is 3.23. The molecule has 0 saturated heterocycles. The first kappa shape index (κ1) is 15.6. The van der Waals surface area contributed by atoms with Crippen LogP contribution in [0.25, 0.3) is 0 Å². The number of nitrogens with two attached hydrogens (primary N) is 1. The molecule has 1 rings (SSSR count). The highest BCUT2D eigenvalue weighted by atomic mass is 79.9. The summed E-state index contributed by atoms with van der Waals surface area (Å²) in [7, 11) is 0. The van der Waals surface area contributed by atoms with E-state index in [4.69, 9.17) is 16.0 Å². The molecule has 0 amide bonds. The van der Waals surface area contributed by atoms with Crippen LogP contribution in [-0.2, 0) is 0 Å². The number of aliphatic hydroxyl groups excluding tert-OH is 1. The Hall–Kier alpha value is -1.41. The largest absolute Gasteiger partial charge is 0.409 e. The lowest BCUT2D eigenvalue weighted by molar-refractivity contribution is 0.153. The average Bonchev–Trinajstić information content (AvgIpc) is 2.36. The molecule has 0 unspecified atom stereocenters. The van der Waals surface area contributed by atoms with E-state index in [-0.39, 0.29) is 19.0 Å². The normalized spacial score (nSPS) is 11.9. The summed E-state index contributed by atoms with van der Waals surface area (Å²) in [4.78, 5) is 1.28. The molecule has 4 N–H and O–H groups in total. The van der Waals surface area contributed by atoms with Gasteiger partial charge in [-0.25, -0.2) is 8.78 Å². The Balaban J connectivity index is 3.22. The van der Waals surface area contributed by atoms with Crippen LogP contribution in [-0.4, -0.2) is 42.3 Å². The molecule has 0 aromatic heterocycles. The molecule has 8 heteroatoms. The van der Waals surface area contributed by atoms with Crippen molar-refractivity contribution in [3.8, 4) is 0 Å². The molecule has 5 nitrogen and oxygen atoms in total. The lowest BCUT2D eigenvalue weighted by atomic mass is 10.1. The van der Waals surface area contributed by atoms with E-state index in [1.54, 1.807) is 18.2 Å². The molecule has 0 saturated carbocycles. The van der Waals surface area contributed by atoms with Crippen LogP contribution in [0.3, 0.4) is 0 Å². The van der Waals surface area contributed by atoms with E-state index in [0.29, 0.717) is 15.7 Å². The Morgan fingerprint density at radius 1 is 1.47 bits per heavy atom. The molecule has 0 atom stereocenters. The van der Waals surface area contributed by atoms with Crippen molar-refractivity contribution in [1.29, 1.82) is 0 Å². The van der Waals surface area contributed by atoms with Gasteiger partial charge in [0.2, 0.25) is 0 Å². The van der Waals surface area contributed by atoms with Crippen molar-refractivity contribution < 1.29 is 19.1 Å². The quantitative estimate of drug-likeness (QED) is 0.319. The Labute approximate surface area is 117 Å². The smallest absolute Gasteiger partial charge is 0.255 e. The fourth-order valence-electron chi connectivity index (χ4n) is 1.63. The maximum absolute atomic E-state index is 12.6. The highest BCUT2D eigenvalue weighted by Gasteiger charge is 2.18. The van der Waals surface area contributed by atoms with Gasteiger partial charge in [0.05, 0.1) is 13.2 Å². The number of hydrogen-bond acceptors (Lipinski definition) is 4. The molecule has 0 heterocycles. The fraction of sp³-hybridized carbons (Fsp3) is 0.364. The number of halogens is 3. The number of aliphatic hydroxyl groups is 1. The number of alkyl halides is 2. The average molecular weight is 338 g/mol. The molecule has 0 aliphatic carbocycles. The first-order valence-corrected chi connectivity index (χ1v) is 6.20. The van der Waals surface area contributed by atoms with Gasteiger partial charge in [-0.1, -0.05) is 21.1 Å². The maximum atomic E-state index is 12.6. The van der Waals surface area contributed by atoms with Crippen molar-refractivity contribution in [2.24, 2.45) is 10.9 Å². The standard InChI is InChI=1S/C11H14BrF2N3O2/c12-7-1-2-8(11(15)16-19)9(5-7)17(3-4-18)6-10(13)14/h1-2,5,10,18-19H,3-4,6H2,(H2,15,16). The van der Waals surface area contributed by atoms with Crippen LogP contribution in [0.4, 0.5) is 14.5 Å². The molecule has 0 aliphatic rings. The molecule has 0 spiro atoms. The van der Waals surface area contributed by atoms with Gasteiger partial charge in [0.25, 0.3) is 6.43 Å². The monoisotopic (exact) mass is 337 g/mol. The Morgan fingerprint density at radius 3 is 2.68 bits per heavy atom. The number of hydrogen-bond donors (Lipinski definition) is 3. The van der Waals surface area contributed by atoms with Crippen LogP contribution < -0.4 is 10.6 Å². The highest BCUT2D eigenvalue weighted by Crippen LogP contribution is 2.25. The fourth-order valence-corrected chi connectivity index (χ4v) is 1.98. The minimum Gasteiger partial charge on any atom is -0.409 e. The van der Waals surface area contributed by atoms with Crippen molar-refractivity contribution in [1.82, 2.24) is 0 Å². The zero-order chi connectivity index (χ0) is 14.4. The predicted molar refractivity (Wildman–Crippen MR) is 72.0 cm³/mol. The van der Waals surface area contributed by atoms with E-state index in [1.165, 1.54) is 4.90 Å². The van der Waals surface area contributed by atoms with Gasteiger partial charge in [-0.2, -0.15) is 0 Å². The molecule has 0 radical (unpaired) electrons. The van der Waals surface area contributed by atoms with Crippen LogP contribution in [0.2, 0.25) is 0 Å². The number of oxime groups is 1. The van der Waals surface area contributed by atoms with Crippen molar-refractivity contribution in [2.45, 2.75) is 6.43 Å². The second-order valence-corrected chi connectivity index (χ2v) is 4.62. The highest BCUT2D eigenvalue weighted by molar-refractivity contribution is 9.10. The molecular weight excluding hydrogens is 324 g/mol. The van der Waals surface area contributed by atoms with Gasteiger partial charge in [0.1, 0.15) is 0 Å². The summed E-state index contributed by atoms with van der Waals surface area (Å²) in [5, 5.41) is 20.5. The number of anilines is 1. The zero-order valence-corrected chi connectivity index (χ0v) is 11.5. The van der Waals surface area contributed by atoms with Gasteiger partial charge >= 0.3 is 0 Å². The summed E-state index contributed by atoms with van der Waals surface area (Å²) < 4.78 is 25.8. The maximum Gasteiger partial charge on any atom is 0.255 e. The summed E-state index contributed by atoms with van der Waals surface area (Å²) in [6.07, 6.45) is -2.56. The minimum atomic E-state index is -2.56. The summed E-state index contributed by atoms with van der Waals surface area (Å²) in [6.45, 7) is -0.815. The van der Waals surface area contributed by atoms with Crippen LogP contribution in [0.15, 0.2) is 27.8 Å². The third-order valence-corrected chi connectivity index (χ3v) is 2.91. The Kier molecular flexibility index (Phi) is 5.97. The van der Waals surface area contributed by atoms with Crippen molar-refractivity contribution in [3.05, 3.63) is 28.2 Å². The number of benzene rings is 1. The van der Waals surface area contributed by atoms with Gasteiger partial charge < -0.3 is 20.9 Å². The second kappa shape index (κ2) is 7.25. The first-order chi connectivity index (χ1) is 8.99. The van der Waals surface area contributed by atoms with E-state index in [9.17, 15) is 8.78 Å². The van der Waals surface area contributed by atoms with E-state index in [0.717, 1.165) is 0 Å². The van der Waals surface area contributed by atoms with Gasteiger partial charge in [0.15, 0.2) is 5.84 Å². The van der Waals surface area contributed by atoms with Gasteiger partial charge in [-0.05, 0) is 18.2 Å². The lowest BCUT2D eigenvalue weighted by Gasteiger charge is -2.26. The molecule has 0 fully saturated rings. The van der Waals surface area contributed by atoms with Crippen molar-refractivity contribution in [3.63, 3.8) is 0 Å². The Bertz CT molecular complexity index is 458. The molecular formula is C11H14BrF2N3O2. The van der Waals surface area contributed by atoms with Gasteiger partial charge in [-0.15, -0.1) is 0 Å².